The fraction of sp³-hybridized carbons (Fsp3) is 0.944. The third kappa shape index (κ3) is 4.83. The largest absolute Gasteiger partial charge is 0.375 e. The number of likely N-dealkylation sites (tertiary alicyclic amines) is 1. The quantitative estimate of drug-likeness (QED) is 0.852. The van der Waals surface area contributed by atoms with Gasteiger partial charge in [0.2, 0.25) is 5.91 Å². The highest BCUT2D eigenvalue weighted by Gasteiger charge is 2.33. The molecular weight excluding hydrogens is 312 g/mol. The van der Waals surface area contributed by atoms with E-state index in [-0.39, 0.29) is 18.3 Å². The fourth-order valence-electron chi connectivity index (χ4n) is 4.00. The van der Waals surface area contributed by atoms with E-state index in [2.05, 4.69) is 24.1 Å². The maximum absolute atomic E-state index is 12.5. The van der Waals surface area contributed by atoms with Crippen LogP contribution in [0.1, 0.15) is 52.4 Å². The second-order valence-electron chi connectivity index (χ2n) is 7.75. The number of amides is 1. The zero-order chi connectivity index (χ0) is 15.5. The van der Waals surface area contributed by atoms with Gasteiger partial charge in [0.25, 0.3) is 0 Å². The van der Waals surface area contributed by atoms with Gasteiger partial charge in [-0.3, -0.25) is 4.79 Å². The molecule has 3 rings (SSSR count). The lowest BCUT2D eigenvalue weighted by molar-refractivity contribution is -0.141. The molecule has 1 aliphatic carbocycles. The number of nitrogens with one attached hydrogen (secondary N) is 1. The molecule has 0 radical (unpaired) electrons. The van der Waals surface area contributed by atoms with Gasteiger partial charge in [0, 0.05) is 19.0 Å². The van der Waals surface area contributed by atoms with Crippen LogP contribution in [0.25, 0.3) is 0 Å². The number of hydrogen-bond acceptors (Lipinski definition) is 3. The normalized spacial score (nSPS) is 31.1. The molecule has 0 aromatic heterocycles. The number of hydrogen-bond donors (Lipinski definition) is 1. The van der Waals surface area contributed by atoms with Gasteiger partial charge in [-0.05, 0) is 63.5 Å². The Bertz CT molecular complexity index is 373. The Morgan fingerprint density at radius 1 is 1.04 bits per heavy atom. The topological polar surface area (TPSA) is 41.6 Å². The molecule has 1 N–H and O–H groups in total. The van der Waals surface area contributed by atoms with Gasteiger partial charge in [0.15, 0.2) is 0 Å². The van der Waals surface area contributed by atoms with Crippen LogP contribution in [0.15, 0.2) is 0 Å². The summed E-state index contributed by atoms with van der Waals surface area (Å²) in [7, 11) is 0. The van der Waals surface area contributed by atoms with Crippen molar-refractivity contribution in [2.24, 2.45) is 17.8 Å². The molecule has 1 amide bonds. The summed E-state index contributed by atoms with van der Waals surface area (Å²) in [5.41, 5.74) is 0. The van der Waals surface area contributed by atoms with Crippen molar-refractivity contribution in [3.8, 4) is 0 Å². The molecule has 0 bridgehead atoms. The summed E-state index contributed by atoms with van der Waals surface area (Å²) in [4.78, 5) is 14.6. The monoisotopic (exact) mass is 344 g/mol. The van der Waals surface area contributed by atoms with Crippen molar-refractivity contribution in [2.45, 2.75) is 64.6 Å². The molecule has 1 unspecified atom stereocenters. The van der Waals surface area contributed by atoms with Crippen LogP contribution in [-0.4, -0.2) is 49.2 Å². The van der Waals surface area contributed by atoms with Crippen LogP contribution in [0.3, 0.4) is 0 Å². The molecule has 3 aliphatic rings. The van der Waals surface area contributed by atoms with Crippen molar-refractivity contribution in [1.29, 1.82) is 0 Å². The highest BCUT2D eigenvalue weighted by molar-refractivity contribution is 5.85. The molecule has 134 valence electrons. The van der Waals surface area contributed by atoms with E-state index in [1.165, 1.54) is 25.7 Å². The van der Waals surface area contributed by atoms with E-state index in [0.717, 1.165) is 44.9 Å². The van der Waals surface area contributed by atoms with E-state index in [1.54, 1.807) is 0 Å². The Labute approximate surface area is 147 Å². The number of piperidine rings is 1. The van der Waals surface area contributed by atoms with Gasteiger partial charge < -0.3 is 15.0 Å². The Hall–Kier alpha value is -0.320. The summed E-state index contributed by atoms with van der Waals surface area (Å²) in [6.07, 6.45) is 7.98. The molecule has 2 heterocycles. The molecular formula is C18H33ClN2O2. The minimum Gasteiger partial charge on any atom is -0.375 e. The number of rotatable bonds is 4. The summed E-state index contributed by atoms with van der Waals surface area (Å²) >= 11 is 0. The molecule has 2 saturated heterocycles. The van der Waals surface area contributed by atoms with Crippen molar-refractivity contribution in [3.05, 3.63) is 0 Å². The van der Waals surface area contributed by atoms with Crippen LogP contribution in [0.2, 0.25) is 0 Å². The van der Waals surface area contributed by atoms with Crippen molar-refractivity contribution < 1.29 is 9.53 Å². The summed E-state index contributed by atoms with van der Waals surface area (Å²) in [5.74, 6) is 1.96. The average Bonchev–Trinajstić information content (AvgIpc) is 2.48. The third-order valence-electron chi connectivity index (χ3n) is 6.01. The molecule has 1 atom stereocenters. The maximum Gasteiger partial charge on any atom is 0.225 e. The van der Waals surface area contributed by atoms with Crippen LogP contribution in [0, 0.1) is 17.8 Å². The third-order valence-corrected chi connectivity index (χ3v) is 6.01. The lowest BCUT2D eigenvalue weighted by Crippen LogP contribution is -2.52. The highest BCUT2D eigenvalue weighted by Crippen LogP contribution is 2.28. The molecule has 23 heavy (non-hydrogen) atoms. The summed E-state index contributed by atoms with van der Waals surface area (Å²) < 4.78 is 6.30. The first-order chi connectivity index (χ1) is 10.6. The van der Waals surface area contributed by atoms with E-state index < -0.39 is 0 Å². The second-order valence-corrected chi connectivity index (χ2v) is 7.75. The van der Waals surface area contributed by atoms with Crippen molar-refractivity contribution in [3.63, 3.8) is 0 Å². The molecule has 5 heteroatoms. The Morgan fingerprint density at radius 3 is 2.13 bits per heavy atom. The highest BCUT2D eigenvalue weighted by atomic mass is 35.5. The summed E-state index contributed by atoms with van der Waals surface area (Å²) in [5, 5.41) is 3.26. The van der Waals surface area contributed by atoms with Crippen LogP contribution in [0.5, 0.6) is 0 Å². The molecule has 0 spiro atoms. The smallest absolute Gasteiger partial charge is 0.225 e. The summed E-state index contributed by atoms with van der Waals surface area (Å²) in [6, 6.07) is 0. The van der Waals surface area contributed by atoms with Crippen LogP contribution in [-0.2, 0) is 9.53 Å². The minimum atomic E-state index is 0. The standard InChI is InChI=1S/C18H32N2O2.ClH/c1-13-3-5-16(6-4-13)22-17-7-9-20(10-8-17)18(21)14(2)15-11-19-12-15;/h13-17,19H,3-12H2,1-2H3;1H. The first-order valence-corrected chi connectivity index (χ1v) is 9.28. The zero-order valence-electron chi connectivity index (χ0n) is 14.6. The number of nitrogens with zero attached hydrogens (tertiary/aromatic N) is 1. The van der Waals surface area contributed by atoms with Crippen LogP contribution in [0.4, 0.5) is 0 Å². The van der Waals surface area contributed by atoms with E-state index in [1.807, 2.05) is 0 Å². The minimum absolute atomic E-state index is 0. The molecule has 0 aromatic carbocycles. The summed E-state index contributed by atoms with van der Waals surface area (Å²) in [6.45, 7) is 8.23. The van der Waals surface area contributed by atoms with E-state index in [9.17, 15) is 4.79 Å². The van der Waals surface area contributed by atoms with Crippen molar-refractivity contribution in [2.75, 3.05) is 26.2 Å². The second kappa shape index (κ2) is 8.68. The van der Waals surface area contributed by atoms with Gasteiger partial charge in [0.1, 0.15) is 0 Å². The van der Waals surface area contributed by atoms with Crippen LogP contribution >= 0.6 is 12.4 Å². The van der Waals surface area contributed by atoms with Gasteiger partial charge in [0.05, 0.1) is 12.2 Å². The number of carbonyl (C=O) groups is 1. The van der Waals surface area contributed by atoms with E-state index in [4.69, 9.17) is 4.74 Å². The molecule has 3 fully saturated rings. The SMILES string of the molecule is CC1CCC(OC2CCN(C(=O)C(C)C3CNC3)CC2)CC1.Cl. The van der Waals surface area contributed by atoms with Gasteiger partial charge >= 0.3 is 0 Å². The predicted molar refractivity (Wildman–Crippen MR) is 94.9 cm³/mol. The van der Waals surface area contributed by atoms with Crippen molar-refractivity contribution >= 4 is 18.3 Å². The van der Waals surface area contributed by atoms with Crippen molar-refractivity contribution in [1.82, 2.24) is 10.2 Å². The van der Waals surface area contributed by atoms with Crippen LogP contribution < -0.4 is 5.32 Å². The molecule has 2 aliphatic heterocycles. The van der Waals surface area contributed by atoms with Gasteiger partial charge in [-0.1, -0.05) is 13.8 Å². The lowest BCUT2D eigenvalue weighted by atomic mass is 9.87. The number of halogens is 1. The van der Waals surface area contributed by atoms with E-state index in [0.29, 0.717) is 24.0 Å². The Morgan fingerprint density at radius 2 is 1.61 bits per heavy atom. The first-order valence-electron chi connectivity index (χ1n) is 9.28. The maximum atomic E-state index is 12.5. The molecule has 0 aromatic rings. The predicted octanol–water partition coefficient (Wildman–Crippen LogP) is 2.85. The van der Waals surface area contributed by atoms with E-state index >= 15 is 0 Å². The average molecular weight is 345 g/mol. The molecule has 1 saturated carbocycles. The number of carbonyl (C=O) groups excluding carboxylic acids is 1. The number of ether oxygens (including phenoxy) is 1. The first kappa shape index (κ1) is 19.0. The lowest BCUT2D eigenvalue weighted by Gasteiger charge is -2.39. The zero-order valence-corrected chi connectivity index (χ0v) is 15.4. The van der Waals surface area contributed by atoms with Gasteiger partial charge in [-0.25, -0.2) is 0 Å². The fourth-order valence-corrected chi connectivity index (χ4v) is 4.00. The Balaban J connectivity index is 0.00000192. The van der Waals surface area contributed by atoms with Gasteiger partial charge in [-0.15, -0.1) is 12.4 Å². The molecule has 4 nitrogen and oxygen atoms in total. The van der Waals surface area contributed by atoms with Gasteiger partial charge in [-0.2, -0.15) is 0 Å². The Kier molecular flexibility index (Phi) is 7.18.